The summed E-state index contributed by atoms with van der Waals surface area (Å²) in [5, 5.41) is 8.97. The number of ether oxygens (including phenoxy) is 2. The van der Waals surface area contributed by atoms with Gasteiger partial charge in [-0.3, -0.25) is 0 Å². The number of carboxylic acids is 1. The van der Waals surface area contributed by atoms with Crippen molar-refractivity contribution in [1.82, 2.24) is 0 Å². The zero-order chi connectivity index (χ0) is 13.9. The Bertz CT molecular complexity index is 441. The molecule has 1 N–H and O–H groups in total. The third-order valence-corrected chi connectivity index (χ3v) is 1.98. The fourth-order valence-electron chi connectivity index (χ4n) is 1.45. The first-order chi connectivity index (χ1) is 8.31. The van der Waals surface area contributed by atoms with Crippen LogP contribution in [0.2, 0.25) is 0 Å². The molecule has 0 amide bonds. The number of carboxylic acid groups (broad SMARTS) is 1. The Kier molecular flexibility index (Phi) is 4.53. The van der Waals surface area contributed by atoms with Crippen LogP contribution in [0.15, 0.2) is 12.1 Å². The van der Waals surface area contributed by atoms with Gasteiger partial charge in [0, 0.05) is 12.1 Å². The Hall–Kier alpha value is -1.78. The first-order valence-electron chi connectivity index (χ1n) is 5.71. The molecule has 0 aromatic heterocycles. The van der Waals surface area contributed by atoms with Crippen molar-refractivity contribution < 1.29 is 23.8 Å². The van der Waals surface area contributed by atoms with Crippen LogP contribution >= 0.6 is 0 Å². The smallest absolute Gasteiger partial charge is 0.342 e. The summed E-state index contributed by atoms with van der Waals surface area (Å²) in [7, 11) is 0. The minimum absolute atomic E-state index is 0.0202. The molecule has 0 saturated carbocycles. The van der Waals surface area contributed by atoms with Gasteiger partial charge in [0.15, 0.2) is 0 Å². The Morgan fingerprint density at radius 2 is 1.72 bits per heavy atom. The predicted molar refractivity (Wildman–Crippen MR) is 64.9 cm³/mol. The van der Waals surface area contributed by atoms with Crippen molar-refractivity contribution >= 4 is 5.97 Å². The molecule has 5 heteroatoms. The normalized spacial score (nSPS) is 10.8. The SMILES string of the molecule is CC(C)Oc1cc(F)c(C(=O)O)c(OC(C)C)c1. The van der Waals surface area contributed by atoms with E-state index in [9.17, 15) is 9.18 Å². The Labute approximate surface area is 105 Å². The molecule has 0 fully saturated rings. The van der Waals surface area contributed by atoms with Gasteiger partial charge in [0.1, 0.15) is 22.9 Å². The zero-order valence-corrected chi connectivity index (χ0v) is 10.9. The van der Waals surface area contributed by atoms with Gasteiger partial charge in [-0.15, -0.1) is 0 Å². The van der Waals surface area contributed by atoms with Crippen LogP contribution in [0.25, 0.3) is 0 Å². The molecule has 0 spiro atoms. The molecule has 4 nitrogen and oxygen atoms in total. The van der Waals surface area contributed by atoms with Crippen LogP contribution in [0.5, 0.6) is 11.5 Å². The van der Waals surface area contributed by atoms with Gasteiger partial charge in [0.2, 0.25) is 0 Å². The Morgan fingerprint density at radius 1 is 1.17 bits per heavy atom. The van der Waals surface area contributed by atoms with Crippen molar-refractivity contribution in [3.8, 4) is 11.5 Å². The molecule has 1 aromatic carbocycles. The van der Waals surface area contributed by atoms with Gasteiger partial charge in [-0.2, -0.15) is 0 Å². The molecule has 0 bridgehead atoms. The fourth-order valence-corrected chi connectivity index (χ4v) is 1.45. The molecule has 0 atom stereocenters. The number of halogens is 1. The summed E-state index contributed by atoms with van der Waals surface area (Å²) in [4.78, 5) is 11.0. The maximum absolute atomic E-state index is 13.7. The quantitative estimate of drug-likeness (QED) is 0.879. The first-order valence-corrected chi connectivity index (χ1v) is 5.71. The number of carbonyl (C=O) groups is 1. The van der Waals surface area contributed by atoms with E-state index >= 15 is 0 Å². The molecule has 18 heavy (non-hydrogen) atoms. The van der Waals surface area contributed by atoms with Crippen molar-refractivity contribution in [3.63, 3.8) is 0 Å². The van der Waals surface area contributed by atoms with E-state index in [2.05, 4.69) is 0 Å². The zero-order valence-electron chi connectivity index (χ0n) is 10.9. The van der Waals surface area contributed by atoms with Crippen LogP contribution < -0.4 is 9.47 Å². The molecule has 1 rings (SSSR count). The average Bonchev–Trinajstić information content (AvgIpc) is 2.12. The molecular formula is C13H17FO4. The Balaban J connectivity index is 3.23. The molecule has 0 radical (unpaired) electrons. The van der Waals surface area contributed by atoms with Crippen LogP contribution in [0.4, 0.5) is 4.39 Å². The van der Waals surface area contributed by atoms with E-state index < -0.39 is 17.3 Å². The second-order valence-corrected chi connectivity index (χ2v) is 4.42. The monoisotopic (exact) mass is 256 g/mol. The molecule has 0 saturated heterocycles. The van der Waals surface area contributed by atoms with Gasteiger partial charge in [0.25, 0.3) is 0 Å². The lowest BCUT2D eigenvalue weighted by molar-refractivity contribution is 0.0685. The standard InChI is InChI=1S/C13H17FO4/c1-7(2)17-9-5-10(14)12(13(15)16)11(6-9)18-8(3)4/h5-8H,1-4H3,(H,15,16). The minimum Gasteiger partial charge on any atom is -0.491 e. The lowest BCUT2D eigenvalue weighted by Crippen LogP contribution is -2.13. The molecule has 0 unspecified atom stereocenters. The van der Waals surface area contributed by atoms with Crippen LogP contribution in [-0.2, 0) is 0 Å². The van der Waals surface area contributed by atoms with Crippen LogP contribution in [-0.4, -0.2) is 23.3 Å². The maximum Gasteiger partial charge on any atom is 0.342 e. The lowest BCUT2D eigenvalue weighted by Gasteiger charge is -2.16. The number of rotatable bonds is 5. The predicted octanol–water partition coefficient (Wildman–Crippen LogP) is 3.10. The number of hydrogen-bond donors (Lipinski definition) is 1. The summed E-state index contributed by atoms with van der Waals surface area (Å²) in [6, 6.07) is 2.45. The van der Waals surface area contributed by atoms with E-state index in [0.29, 0.717) is 0 Å². The summed E-state index contributed by atoms with van der Waals surface area (Å²) in [5.74, 6) is -1.99. The van der Waals surface area contributed by atoms with Crippen molar-refractivity contribution in [3.05, 3.63) is 23.5 Å². The second kappa shape index (κ2) is 5.71. The largest absolute Gasteiger partial charge is 0.491 e. The average molecular weight is 256 g/mol. The molecular weight excluding hydrogens is 239 g/mol. The number of benzene rings is 1. The molecule has 0 aliphatic carbocycles. The molecule has 0 heterocycles. The van der Waals surface area contributed by atoms with Gasteiger partial charge in [-0.05, 0) is 27.7 Å². The van der Waals surface area contributed by atoms with Gasteiger partial charge >= 0.3 is 5.97 Å². The Morgan fingerprint density at radius 3 is 2.17 bits per heavy atom. The summed E-state index contributed by atoms with van der Waals surface area (Å²) in [5.41, 5.74) is -0.472. The van der Waals surface area contributed by atoms with Crippen LogP contribution in [0.3, 0.4) is 0 Å². The van der Waals surface area contributed by atoms with E-state index in [1.807, 2.05) is 0 Å². The van der Waals surface area contributed by atoms with Gasteiger partial charge in [-0.1, -0.05) is 0 Å². The molecule has 100 valence electrons. The highest BCUT2D eigenvalue weighted by Crippen LogP contribution is 2.29. The third-order valence-electron chi connectivity index (χ3n) is 1.98. The topological polar surface area (TPSA) is 55.8 Å². The summed E-state index contributed by atoms with van der Waals surface area (Å²) in [6.07, 6.45) is -0.385. The highest BCUT2D eigenvalue weighted by Gasteiger charge is 2.20. The van der Waals surface area contributed by atoms with Gasteiger partial charge in [-0.25, -0.2) is 9.18 Å². The van der Waals surface area contributed by atoms with E-state index in [4.69, 9.17) is 14.6 Å². The number of hydrogen-bond acceptors (Lipinski definition) is 3. The van der Waals surface area contributed by atoms with Crippen LogP contribution in [0.1, 0.15) is 38.1 Å². The lowest BCUT2D eigenvalue weighted by atomic mass is 10.1. The van der Waals surface area contributed by atoms with Gasteiger partial charge in [0.05, 0.1) is 12.2 Å². The molecule has 0 aliphatic heterocycles. The van der Waals surface area contributed by atoms with E-state index in [-0.39, 0.29) is 23.7 Å². The van der Waals surface area contributed by atoms with Gasteiger partial charge < -0.3 is 14.6 Å². The fraction of sp³-hybridized carbons (Fsp3) is 0.462. The highest BCUT2D eigenvalue weighted by atomic mass is 19.1. The van der Waals surface area contributed by atoms with Crippen molar-refractivity contribution in [2.45, 2.75) is 39.9 Å². The van der Waals surface area contributed by atoms with Crippen molar-refractivity contribution in [1.29, 1.82) is 0 Å². The van der Waals surface area contributed by atoms with E-state index in [0.717, 1.165) is 6.07 Å². The van der Waals surface area contributed by atoms with E-state index in [1.54, 1.807) is 27.7 Å². The molecule has 1 aromatic rings. The van der Waals surface area contributed by atoms with Crippen LogP contribution in [0, 0.1) is 5.82 Å². The first kappa shape index (κ1) is 14.3. The summed E-state index contributed by atoms with van der Waals surface area (Å²) in [6.45, 7) is 7.07. The highest BCUT2D eigenvalue weighted by molar-refractivity contribution is 5.91. The minimum atomic E-state index is -1.36. The molecule has 0 aliphatic rings. The summed E-state index contributed by atoms with van der Waals surface area (Å²) >= 11 is 0. The van der Waals surface area contributed by atoms with Crippen molar-refractivity contribution in [2.75, 3.05) is 0 Å². The maximum atomic E-state index is 13.7. The number of aromatic carboxylic acids is 1. The second-order valence-electron chi connectivity index (χ2n) is 4.42. The third kappa shape index (κ3) is 3.61. The van der Waals surface area contributed by atoms with Crippen molar-refractivity contribution in [2.24, 2.45) is 0 Å². The van der Waals surface area contributed by atoms with E-state index in [1.165, 1.54) is 6.07 Å². The summed E-state index contributed by atoms with van der Waals surface area (Å²) < 4.78 is 24.4.